The van der Waals surface area contributed by atoms with Gasteiger partial charge in [0.1, 0.15) is 23.1 Å². The molecule has 94 heavy (non-hydrogen) atoms. The normalized spacial score (nSPS) is 11.2. The second-order valence-electron chi connectivity index (χ2n) is 28.4. The van der Waals surface area contributed by atoms with Crippen molar-refractivity contribution in [3.05, 3.63) is 72.9 Å². The number of Topliss-reactive ketones (excluding diaryl/α,β-unsaturated/α-hetero) is 6. The van der Waals surface area contributed by atoms with Crippen LogP contribution in [-0.2, 0) is 66.9 Å². The first kappa shape index (κ1) is 98.4. The predicted molar refractivity (Wildman–Crippen MR) is 388 cm³/mol. The van der Waals surface area contributed by atoms with Gasteiger partial charge in [0.25, 0.3) is 0 Å². The fraction of sp³-hybridized carbons (Fsp3) is 0.741. The van der Waals surface area contributed by atoms with Crippen molar-refractivity contribution in [2.75, 3.05) is 0 Å². The van der Waals surface area contributed by atoms with Gasteiger partial charge in [0, 0.05) is 16.9 Å². The molecule has 0 aliphatic carbocycles. The molecule has 0 fully saturated rings. The molecule has 0 heterocycles. The van der Waals surface area contributed by atoms with Gasteiger partial charge < -0.3 is 19.8 Å². The minimum atomic E-state index is -2.06. The second-order valence-corrected chi connectivity index (χ2v) is 28.4. The molecule has 0 aliphatic heterocycles. The Bertz CT molecular complexity index is 2050. The summed E-state index contributed by atoms with van der Waals surface area (Å²) in [7, 11) is 0. The molecule has 0 amide bonds. The molecule has 0 unspecified atom stereocenters. The fourth-order valence-corrected chi connectivity index (χ4v) is 11.4. The van der Waals surface area contributed by atoms with Crippen molar-refractivity contribution in [2.24, 2.45) is 34.0 Å². The standard InChI is InChI=1S/C26H44O4.2C26H43O3.C3H8O.O.Ti/c1-20(2)18-16-14-12-10-8-7-9-11-13-15-17-19-26(25(29)30,23(27)21(3)4)24(28)22(5)6;2*1-21(2)18-16-14-12-10-8-7-9-11-13-15-17-19-26(20-27,24(28)22(3)4)25(29)23(5)6;1-3(2)4;;/h20H,3,5,7-19H2,1-2,4,6H3,(H,29,30);2*21H,3,5,7-19H2,1-2,4,6H3;3-4H,1-2H3;;/q;2*-1;;;+2. The number of rotatable bonds is 57. The van der Waals surface area contributed by atoms with Crippen LogP contribution in [0, 0.1) is 34.0 Å². The SMILES string of the molecule is C=C(C)C(=O)C(CCCCCCCCCCCCCC(C)C)(C(=O)O)C(=O)C(=C)C.C=C(C)C(=O)C([C-]=O)(CCCCCCCCCCCCCC(C)C)C(=O)C(=C)C.C=C(C)C(=O)C([C-]=O)(CCCCCCCCCCCCCC(C)C)C(=O)C(=C)C.CC(C)O.[O]=[Ti+2]. The van der Waals surface area contributed by atoms with Gasteiger partial charge in [-0.25, -0.2) is 12.6 Å². The molecule has 0 saturated carbocycles. The van der Waals surface area contributed by atoms with Crippen molar-refractivity contribution < 1.29 is 77.1 Å². The minimum absolute atomic E-state index is 0.0100. The number of ketones is 6. The molecule has 13 heteroatoms. The zero-order chi connectivity index (χ0) is 73.3. The summed E-state index contributed by atoms with van der Waals surface area (Å²) in [5.41, 5.74) is -4.50. The first-order valence-electron chi connectivity index (χ1n) is 36.3. The van der Waals surface area contributed by atoms with Crippen LogP contribution in [0.3, 0.4) is 0 Å². The Labute approximate surface area is 587 Å². The van der Waals surface area contributed by atoms with Crippen LogP contribution in [0.15, 0.2) is 72.9 Å². The number of aliphatic carboxylic acids is 1. The van der Waals surface area contributed by atoms with E-state index in [2.05, 4.69) is 81.0 Å². The van der Waals surface area contributed by atoms with Crippen molar-refractivity contribution in [1.82, 2.24) is 0 Å². The number of hydrogen-bond acceptors (Lipinski definition) is 11. The summed E-state index contributed by atoms with van der Waals surface area (Å²) in [5, 5.41) is 17.8. The van der Waals surface area contributed by atoms with E-state index in [0.717, 1.165) is 95.9 Å². The molecule has 0 aromatic carbocycles. The van der Waals surface area contributed by atoms with Gasteiger partial charge in [-0.1, -0.05) is 325 Å². The molecular weight excluding hydrogens is 1210 g/mol. The van der Waals surface area contributed by atoms with Crippen molar-refractivity contribution in [2.45, 2.75) is 353 Å². The van der Waals surface area contributed by atoms with E-state index in [4.69, 9.17) is 8.43 Å². The molecule has 0 radical (unpaired) electrons. The van der Waals surface area contributed by atoms with Crippen molar-refractivity contribution in [1.29, 1.82) is 0 Å². The number of carbonyl (C=O) groups is 7. The molecule has 12 nitrogen and oxygen atoms in total. The molecule has 0 aliphatic rings. The van der Waals surface area contributed by atoms with Crippen LogP contribution in [0.4, 0.5) is 0 Å². The summed E-state index contributed by atoms with van der Waals surface area (Å²) < 4.78 is 8.25. The Morgan fingerprint density at radius 1 is 0.309 bits per heavy atom. The molecule has 0 spiro atoms. The Morgan fingerprint density at radius 3 is 0.596 bits per heavy atom. The number of allylic oxidation sites excluding steroid dienone is 6. The maximum absolute atomic E-state index is 12.6. The topological polar surface area (TPSA) is 211 Å². The van der Waals surface area contributed by atoms with E-state index < -0.39 is 56.9 Å². The number of aliphatic hydroxyl groups excluding tert-OH is 1. The van der Waals surface area contributed by atoms with Crippen molar-refractivity contribution in [3.63, 3.8) is 0 Å². The predicted octanol–water partition coefficient (Wildman–Crippen LogP) is 21.5. The third-order valence-electron chi connectivity index (χ3n) is 16.9. The Kier molecular flexibility index (Phi) is 64.0. The average Bonchev–Trinajstić information content (AvgIpc) is 0.812. The second kappa shape index (κ2) is 61.1. The van der Waals surface area contributed by atoms with Crippen molar-refractivity contribution in [3.8, 4) is 0 Å². The van der Waals surface area contributed by atoms with Gasteiger partial charge in [-0.3, -0.25) is 33.6 Å². The number of carbonyl (C=O) groups excluding carboxylic acids is 8. The molecule has 0 rings (SSSR count). The van der Waals surface area contributed by atoms with Crippen LogP contribution in [0.25, 0.3) is 0 Å². The van der Waals surface area contributed by atoms with Gasteiger partial charge in [0.15, 0.2) is 17.0 Å². The Hall–Kier alpha value is -4.26. The quantitative estimate of drug-likeness (QED) is 0.0191. The average molecular weight is 1350 g/mol. The Balaban J connectivity index is -0.000000403. The van der Waals surface area contributed by atoms with Crippen molar-refractivity contribution >= 4 is 53.2 Å². The molecule has 0 atom stereocenters. The summed E-state index contributed by atoms with van der Waals surface area (Å²) in [6, 6.07) is 0. The third kappa shape index (κ3) is 46.8. The van der Waals surface area contributed by atoms with Crippen LogP contribution in [-0.4, -0.2) is 69.6 Å². The number of hydrogen-bond donors (Lipinski definition) is 2. The van der Waals surface area contributed by atoms with E-state index in [0.29, 0.717) is 19.3 Å². The zero-order valence-electron chi connectivity index (χ0n) is 62.6. The number of carboxylic acids is 1. The molecule has 0 bridgehead atoms. The summed E-state index contributed by atoms with van der Waals surface area (Å²) in [5.74, 6) is -2.41. The van der Waals surface area contributed by atoms with E-state index in [1.54, 1.807) is 26.4 Å². The van der Waals surface area contributed by atoms with E-state index in [1.807, 2.05) is 0 Å². The van der Waals surface area contributed by atoms with E-state index in [-0.39, 0.29) is 58.8 Å². The fourth-order valence-electron chi connectivity index (χ4n) is 11.4. The van der Waals surface area contributed by atoms with E-state index >= 15 is 0 Å². The van der Waals surface area contributed by atoms with Gasteiger partial charge in [0.2, 0.25) is 0 Å². The summed E-state index contributed by atoms with van der Waals surface area (Å²) in [6.45, 7) is 47.8. The number of carboxylic acid groups (broad SMARTS) is 1. The van der Waals surface area contributed by atoms with Gasteiger partial charge in [-0.05, 0) is 113 Å². The molecule has 2 N–H and O–H groups in total. The maximum atomic E-state index is 12.6. The van der Waals surface area contributed by atoms with Gasteiger partial charge in [-0.15, -0.1) is 0 Å². The summed E-state index contributed by atoms with van der Waals surface area (Å²) in [6.07, 6.45) is 46.3. The molecule has 0 aromatic heterocycles. The van der Waals surface area contributed by atoms with Gasteiger partial charge in [0.05, 0.1) is 0 Å². The number of unbranched alkanes of at least 4 members (excludes halogenated alkanes) is 30. The first-order chi connectivity index (χ1) is 44.2. The monoisotopic (exact) mass is 1350 g/mol. The van der Waals surface area contributed by atoms with Gasteiger partial charge in [-0.2, -0.15) is 0 Å². The van der Waals surface area contributed by atoms with E-state index in [1.165, 1.54) is 196 Å². The molecule has 0 aromatic rings. The molecule has 0 saturated heterocycles. The zero-order valence-corrected chi connectivity index (χ0v) is 64.2. The summed E-state index contributed by atoms with van der Waals surface area (Å²) in [4.78, 5) is 110. The van der Waals surface area contributed by atoms with Gasteiger partial charge >= 0.3 is 29.7 Å². The molecule has 538 valence electrons. The molecular formula is C81H138O12Ti. The van der Waals surface area contributed by atoms with Crippen LogP contribution in [0.2, 0.25) is 0 Å². The van der Waals surface area contributed by atoms with Crippen LogP contribution in [0.5, 0.6) is 0 Å². The number of aliphatic hydroxyl groups is 1. The third-order valence-corrected chi connectivity index (χ3v) is 16.9. The van der Waals surface area contributed by atoms with Crippen LogP contribution in [0.1, 0.15) is 347 Å². The Morgan fingerprint density at radius 2 is 0.457 bits per heavy atom. The van der Waals surface area contributed by atoms with Crippen LogP contribution >= 0.6 is 0 Å². The first-order valence-corrected chi connectivity index (χ1v) is 36.9. The van der Waals surface area contributed by atoms with Crippen LogP contribution < -0.4 is 0 Å². The summed E-state index contributed by atoms with van der Waals surface area (Å²) >= 11 is 0.750. The van der Waals surface area contributed by atoms with E-state index in [9.17, 15) is 48.3 Å².